The van der Waals surface area contributed by atoms with Gasteiger partial charge in [0.2, 0.25) is 0 Å². The zero-order valence-electron chi connectivity index (χ0n) is 9.12. The van der Waals surface area contributed by atoms with Gasteiger partial charge in [-0.15, -0.1) is 0 Å². The van der Waals surface area contributed by atoms with Gasteiger partial charge in [-0.2, -0.15) is 0 Å². The Bertz CT molecular complexity index is 431. The number of nitrogens with zero attached hydrogens (tertiary/aromatic N) is 1. The second-order valence-corrected chi connectivity index (χ2v) is 3.97. The smallest absolute Gasteiger partial charge is 0.328 e. The summed E-state index contributed by atoms with van der Waals surface area (Å²) in [6.45, 7) is 5.07. The first kappa shape index (κ1) is 11.7. The van der Waals surface area contributed by atoms with Crippen molar-refractivity contribution in [2.45, 2.75) is 26.8 Å². The maximum Gasteiger partial charge on any atom is 0.328 e. The van der Waals surface area contributed by atoms with Gasteiger partial charge in [-0.1, -0.05) is 13.8 Å². The summed E-state index contributed by atoms with van der Waals surface area (Å²) in [5, 5.41) is 0. The lowest BCUT2D eigenvalue weighted by molar-refractivity contribution is 0.486. The third kappa shape index (κ3) is 3.06. The average Bonchev–Trinajstić information content (AvgIpc) is 2.11. The monoisotopic (exact) mass is 211 g/mol. The van der Waals surface area contributed by atoms with E-state index in [0.29, 0.717) is 31.1 Å². The highest BCUT2D eigenvalue weighted by Crippen LogP contribution is 2.00. The fraction of sp³-hybridized carbons (Fsp3) is 0.600. The fourth-order valence-electron chi connectivity index (χ4n) is 1.49. The summed E-state index contributed by atoms with van der Waals surface area (Å²) in [6, 6.07) is 1.44. The van der Waals surface area contributed by atoms with Crippen LogP contribution < -0.4 is 17.0 Å². The molecule has 3 N–H and O–H groups in total. The van der Waals surface area contributed by atoms with E-state index in [1.165, 1.54) is 6.07 Å². The predicted molar refractivity (Wildman–Crippen MR) is 58.9 cm³/mol. The van der Waals surface area contributed by atoms with Crippen LogP contribution in [0.25, 0.3) is 0 Å². The molecule has 0 fully saturated rings. The lowest BCUT2D eigenvalue weighted by Gasteiger charge is -2.13. The molecule has 84 valence electrons. The fourth-order valence-corrected chi connectivity index (χ4v) is 1.49. The van der Waals surface area contributed by atoms with Gasteiger partial charge in [-0.25, -0.2) is 4.79 Å². The number of nitrogens with one attached hydrogen (secondary N) is 1. The van der Waals surface area contributed by atoms with Crippen molar-refractivity contribution >= 4 is 0 Å². The van der Waals surface area contributed by atoms with E-state index in [1.807, 2.05) is 13.8 Å². The van der Waals surface area contributed by atoms with E-state index in [4.69, 9.17) is 5.73 Å². The molecular formula is C10H17N3O2. The van der Waals surface area contributed by atoms with Crippen LogP contribution in [0.3, 0.4) is 0 Å². The first-order valence-electron chi connectivity index (χ1n) is 5.07. The molecule has 1 aromatic heterocycles. The molecule has 0 aliphatic heterocycles. The third-order valence-corrected chi connectivity index (χ3v) is 2.07. The number of hydrogen-bond acceptors (Lipinski definition) is 3. The number of nitrogens with two attached hydrogens (primary N) is 1. The van der Waals surface area contributed by atoms with Gasteiger partial charge in [0.1, 0.15) is 0 Å². The summed E-state index contributed by atoms with van der Waals surface area (Å²) in [5.41, 5.74) is 5.44. The van der Waals surface area contributed by atoms with Gasteiger partial charge in [0.25, 0.3) is 5.56 Å². The molecule has 5 heteroatoms. The summed E-state index contributed by atoms with van der Waals surface area (Å²) in [7, 11) is 0. The van der Waals surface area contributed by atoms with Gasteiger partial charge in [-0.05, 0) is 12.5 Å². The van der Waals surface area contributed by atoms with Gasteiger partial charge in [0.15, 0.2) is 0 Å². The van der Waals surface area contributed by atoms with Crippen molar-refractivity contribution in [3.63, 3.8) is 0 Å². The van der Waals surface area contributed by atoms with Crippen LogP contribution in [0.4, 0.5) is 0 Å². The lowest BCUT2D eigenvalue weighted by atomic mass is 10.2. The molecule has 0 bridgehead atoms. The van der Waals surface area contributed by atoms with Crippen molar-refractivity contribution < 1.29 is 0 Å². The van der Waals surface area contributed by atoms with E-state index in [2.05, 4.69) is 4.98 Å². The van der Waals surface area contributed by atoms with Crippen molar-refractivity contribution in [2.75, 3.05) is 6.54 Å². The first-order valence-corrected chi connectivity index (χ1v) is 5.07. The Morgan fingerprint density at radius 1 is 1.47 bits per heavy atom. The molecule has 5 nitrogen and oxygen atoms in total. The molecular weight excluding hydrogens is 194 g/mol. The normalized spacial score (nSPS) is 10.9. The van der Waals surface area contributed by atoms with Crippen molar-refractivity contribution in [1.29, 1.82) is 0 Å². The molecule has 1 aromatic rings. The van der Waals surface area contributed by atoms with Crippen molar-refractivity contribution in [3.8, 4) is 0 Å². The molecule has 1 rings (SSSR count). The summed E-state index contributed by atoms with van der Waals surface area (Å²) < 4.78 is 1.58. The van der Waals surface area contributed by atoms with Crippen molar-refractivity contribution in [1.82, 2.24) is 9.55 Å². The number of rotatable bonds is 4. The highest BCUT2D eigenvalue weighted by atomic mass is 16.2. The number of aromatic nitrogens is 2. The standard InChI is InChI=1S/C10H17N3O2/c1-7(2)6-13-8(3-4-11)5-9(14)12-10(13)15/h5,7H,3-4,6,11H2,1-2H3,(H,12,14,15). The Balaban J connectivity index is 3.20. The third-order valence-electron chi connectivity index (χ3n) is 2.07. The summed E-state index contributed by atoms with van der Waals surface area (Å²) in [4.78, 5) is 24.9. The van der Waals surface area contributed by atoms with Crippen LogP contribution in [0, 0.1) is 5.92 Å². The van der Waals surface area contributed by atoms with Crippen LogP contribution in [-0.4, -0.2) is 16.1 Å². The van der Waals surface area contributed by atoms with Gasteiger partial charge in [0.05, 0.1) is 0 Å². The number of aromatic amines is 1. The molecule has 0 amide bonds. The van der Waals surface area contributed by atoms with E-state index >= 15 is 0 Å². The molecule has 1 heterocycles. The SMILES string of the molecule is CC(C)Cn1c(CCN)cc(=O)[nH]c1=O. The Kier molecular flexibility index (Phi) is 3.85. The predicted octanol–water partition coefficient (Wildman–Crippen LogP) is -0.306. The van der Waals surface area contributed by atoms with E-state index in [1.54, 1.807) is 4.57 Å². The maximum absolute atomic E-state index is 11.5. The average molecular weight is 211 g/mol. The van der Waals surface area contributed by atoms with Crippen molar-refractivity contribution in [3.05, 3.63) is 32.6 Å². The van der Waals surface area contributed by atoms with Crippen LogP contribution in [0.5, 0.6) is 0 Å². The summed E-state index contributed by atoms with van der Waals surface area (Å²) in [6.07, 6.45) is 0.548. The Labute approximate surface area is 87.9 Å². The van der Waals surface area contributed by atoms with Crippen LogP contribution in [0.2, 0.25) is 0 Å². The molecule has 0 saturated carbocycles. The van der Waals surface area contributed by atoms with Gasteiger partial charge in [0, 0.05) is 24.7 Å². The largest absolute Gasteiger partial charge is 0.330 e. The molecule has 0 spiro atoms. The minimum Gasteiger partial charge on any atom is -0.330 e. The lowest BCUT2D eigenvalue weighted by Crippen LogP contribution is -2.34. The Morgan fingerprint density at radius 3 is 2.67 bits per heavy atom. The first-order chi connectivity index (χ1) is 7.04. The Morgan fingerprint density at radius 2 is 2.13 bits per heavy atom. The highest BCUT2D eigenvalue weighted by molar-refractivity contribution is 5.02. The van der Waals surface area contributed by atoms with Crippen LogP contribution in [0.15, 0.2) is 15.7 Å². The van der Waals surface area contributed by atoms with Crippen LogP contribution in [0.1, 0.15) is 19.5 Å². The zero-order chi connectivity index (χ0) is 11.4. The molecule has 0 radical (unpaired) electrons. The minimum atomic E-state index is -0.358. The van der Waals surface area contributed by atoms with E-state index in [9.17, 15) is 9.59 Å². The van der Waals surface area contributed by atoms with Gasteiger partial charge < -0.3 is 5.73 Å². The second-order valence-electron chi connectivity index (χ2n) is 3.97. The van der Waals surface area contributed by atoms with Crippen LogP contribution >= 0.6 is 0 Å². The molecule has 0 unspecified atom stereocenters. The Hall–Kier alpha value is -1.36. The number of H-pyrrole nitrogens is 1. The molecule has 0 atom stereocenters. The molecule has 15 heavy (non-hydrogen) atoms. The topological polar surface area (TPSA) is 80.9 Å². The van der Waals surface area contributed by atoms with Gasteiger partial charge in [-0.3, -0.25) is 14.3 Å². The minimum absolute atomic E-state index is 0.348. The van der Waals surface area contributed by atoms with Crippen LogP contribution in [-0.2, 0) is 13.0 Å². The maximum atomic E-state index is 11.5. The van der Waals surface area contributed by atoms with Crippen molar-refractivity contribution in [2.24, 2.45) is 11.7 Å². The van der Waals surface area contributed by atoms with Gasteiger partial charge >= 0.3 is 5.69 Å². The zero-order valence-corrected chi connectivity index (χ0v) is 9.12. The second kappa shape index (κ2) is 4.93. The summed E-state index contributed by atoms with van der Waals surface area (Å²) >= 11 is 0. The van der Waals surface area contributed by atoms with E-state index in [-0.39, 0.29) is 11.2 Å². The molecule has 0 aliphatic rings. The quantitative estimate of drug-likeness (QED) is 0.717. The summed E-state index contributed by atoms with van der Waals surface area (Å²) in [5.74, 6) is 0.352. The van der Waals surface area contributed by atoms with E-state index in [0.717, 1.165) is 0 Å². The molecule has 0 saturated heterocycles. The molecule has 0 aliphatic carbocycles. The highest BCUT2D eigenvalue weighted by Gasteiger charge is 2.06. The molecule has 0 aromatic carbocycles. The van der Waals surface area contributed by atoms with E-state index < -0.39 is 0 Å². The number of hydrogen-bond donors (Lipinski definition) is 2.